The number of carboxylic acid groups (broad SMARTS) is 1. The van der Waals surface area contributed by atoms with Gasteiger partial charge in [0.05, 0.1) is 0 Å². The molecule has 0 aromatic carbocycles. The van der Waals surface area contributed by atoms with Crippen molar-refractivity contribution in [3.8, 4) is 0 Å². The number of carbonyl (C=O) groups excluding carboxylic acids is 1. The molecule has 1 heterocycles. The lowest BCUT2D eigenvalue weighted by molar-refractivity contribution is -0.137. The largest absolute Gasteiger partial charge is 0.481 e. The molecule has 0 bridgehead atoms. The van der Waals surface area contributed by atoms with E-state index in [1.165, 1.54) is 0 Å². The lowest BCUT2D eigenvalue weighted by atomic mass is 9.76. The first-order valence-electron chi connectivity index (χ1n) is 7.20. The zero-order valence-electron chi connectivity index (χ0n) is 13.2. The number of carbonyl (C=O) groups is 2. The van der Waals surface area contributed by atoms with Gasteiger partial charge in [0.25, 0.3) is 5.91 Å². The standard InChI is InChI=1S/C15H25N3O3/c1-15(2,3)11(5-6-13(19)20)7-9-16-14(21)12-8-10-18(4)17-12/h8,10-11H,5-7,9H2,1-4H3,(H,16,21)(H,19,20). The van der Waals surface area contributed by atoms with Crippen LogP contribution in [-0.2, 0) is 11.8 Å². The van der Waals surface area contributed by atoms with E-state index in [9.17, 15) is 9.59 Å². The Morgan fingerprint density at radius 2 is 2.05 bits per heavy atom. The van der Waals surface area contributed by atoms with Crippen molar-refractivity contribution in [1.82, 2.24) is 15.1 Å². The third-order valence-electron chi connectivity index (χ3n) is 3.66. The first-order valence-corrected chi connectivity index (χ1v) is 7.20. The van der Waals surface area contributed by atoms with Gasteiger partial charge in [0.15, 0.2) is 0 Å². The van der Waals surface area contributed by atoms with E-state index in [1.54, 1.807) is 24.0 Å². The minimum absolute atomic E-state index is 0.0190. The number of carboxylic acids is 1. The first kappa shape index (κ1) is 17.2. The molecule has 0 saturated carbocycles. The molecule has 0 spiro atoms. The summed E-state index contributed by atoms with van der Waals surface area (Å²) in [6.07, 6.45) is 3.27. The Hall–Kier alpha value is -1.85. The van der Waals surface area contributed by atoms with Gasteiger partial charge in [0, 0.05) is 26.2 Å². The van der Waals surface area contributed by atoms with Crippen molar-refractivity contribution in [2.24, 2.45) is 18.4 Å². The molecular formula is C15H25N3O3. The molecule has 0 saturated heterocycles. The normalized spacial score (nSPS) is 13.0. The van der Waals surface area contributed by atoms with Crippen LogP contribution < -0.4 is 5.32 Å². The molecule has 6 heteroatoms. The van der Waals surface area contributed by atoms with Crippen LogP contribution in [0.2, 0.25) is 0 Å². The van der Waals surface area contributed by atoms with Gasteiger partial charge in [-0.1, -0.05) is 20.8 Å². The summed E-state index contributed by atoms with van der Waals surface area (Å²) < 4.78 is 1.58. The Morgan fingerprint density at radius 1 is 1.38 bits per heavy atom. The third-order valence-corrected chi connectivity index (χ3v) is 3.66. The van der Waals surface area contributed by atoms with E-state index in [1.807, 2.05) is 0 Å². The molecule has 118 valence electrons. The second-order valence-corrected chi connectivity index (χ2v) is 6.41. The summed E-state index contributed by atoms with van der Waals surface area (Å²) in [5.74, 6) is -0.721. The summed E-state index contributed by atoms with van der Waals surface area (Å²) in [4.78, 5) is 22.6. The zero-order chi connectivity index (χ0) is 16.0. The average Bonchev–Trinajstić information content (AvgIpc) is 2.78. The molecule has 1 unspecified atom stereocenters. The van der Waals surface area contributed by atoms with Gasteiger partial charge < -0.3 is 10.4 Å². The molecule has 2 N–H and O–H groups in total. The fourth-order valence-corrected chi connectivity index (χ4v) is 2.29. The molecule has 0 aliphatic rings. The molecular weight excluding hydrogens is 270 g/mol. The first-order chi connectivity index (χ1) is 9.70. The van der Waals surface area contributed by atoms with Crippen LogP contribution in [-0.4, -0.2) is 33.3 Å². The van der Waals surface area contributed by atoms with Crippen molar-refractivity contribution in [1.29, 1.82) is 0 Å². The summed E-state index contributed by atoms with van der Waals surface area (Å²) in [5, 5.41) is 15.7. The van der Waals surface area contributed by atoms with Gasteiger partial charge in [-0.2, -0.15) is 5.10 Å². The average molecular weight is 295 g/mol. The highest BCUT2D eigenvalue weighted by molar-refractivity contribution is 5.92. The summed E-state index contributed by atoms with van der Waals surface area (Å²) in [7, 11) is 1.76. The number of hydrogen-bond donors (Lipinski definition) is 2. The molecule has 1 rings (SSSR count). The monoisotopic (exact) mass is 295 g/mol. The molecule has 1 aromatic rings. The molecule has 0 aliphatic heterocycles. The highest BCUT2D eigenvalue weighted by atomic mass is 16.4. The Morgan fingerprint density at radius 3 is 2.52 bits per heavy atom. The minimum atomic E-state index is -0.776. The highest BCUT2D eigenvalue weighted by Crippen LogP contribution is 2.32. The van der Waals surface area contributed by atoms with Crippen LogP contribution >= 0.6 is 0 Å². The van der Waals surface area contributed by atoms with E-state index in [2.05, 4.69) is 31.2 Å². The molecule has 1 amide bonds. The molecule has 0 radical (unpaired) electrons. The molecule has 0 aliphatic carbocycles. The van der Waals surface area contributed by atoms with Crippen molar-refractivity contribution in [3.63, 3.8) is 0 Å². The van der Waals surface area contributed by atoms with E-state index in [-0.39, 0.29) is 23.7 Å². The quantitative estimate of drug-likeness (QED) is 0.806. The smallest absolute Gasteiger partial charge is 0.303 e. The number of rotatable bonds is 7. The maximum Gasteiger partial charge on any atom is 0.303 e. The van der Waals surface area contributed by atoms with Gasteiger partial charge in [0.2, 0.25) is 0 Å². The van der Waals surface area contributed by atoms with Crippen molar-refractivity contribution in [2.45, 2.75) is 40.0 Å². The van der Waals surface area contributed by atoms with Gasteiger partial charge in [-0.15, -0.1) is 0 Å². The SMILES string of the molecule is Cn1ccc(C(=O)NCCC(CCC(=O)O)C(C)(C)C)n1. The number of aromatic nitrogens is 2. The fourth-order valence-electron chi connectivity index (χ4n) is 2.29. The summed E-state index contributed by atoms with van der Waals surface area (Å²) in [6, 6.07) is 1.67. The zero-order valence-corrected chi connectivity index (χ0v) is 13.2. The predicted molar refractivity (Wildman–Crippen MR) is 80.0 cm³/mol. The van der Waals surface area contributed by atoms with Gasteiger partial charge in [0.1, 0.15) is 5.69 Å². The van der Waals surface area contributed by atoms with Crippen LogP contribution in [0.25, 0.3) is 0 Å². The van der Waals surface area contributed by atoms with Crippen molar-refractivity contribution in [2.75, 3.05) is 6.54 Å². The van der Waals surface area contributed by atoms with Gasteiger partial charge in [-0.25, -0.2) is 0 Å². The Labute approximate surface area is 125 Å². The van der Waals surface area contributed by atoms with Crippen LogP contribution in [0.3, 0.4) is 0 Å². The van der Waals surface area contributed by atoms with Gasteiger partial charge >= 0.3 is 5.97 Å². The highest BCUT2D eigenvalue weighted by Gasteiger charge is 2.25. The number of aliphatic carboxylic acids is 1. The van der Waals surface area contributed by atoms with Gasteiger partial charge in [-0.05, 0) is 30.2 Å². The lowest BCUT2D eigenvalue weighted by Gasteiger charge is -2.30. The minimum Gasteiger partial charge on any atom is -0.481 e. The Bertz CT molecular complexity index is 489. The second kappa shape index (κ2) is 7.24. The van der Waals surface area contributed by atoms with E-state index < -0.39 is 5.97 Å². The summed E-state index contributed by atoms with van der Waals surface area (Å²) in [5.41, 5.74) is 0.417. The van der Waals surface area contributed by atoms with Crippen LogP contribution in [0, 0.1) is 11.3 Å². The Kier molecular flexibility index (Phi) is 5.93. The molecule has 1 atom stereocenters. The number of nitrogens with one attached hydrogen (secondary N) is 1. The van der Waals surface area contributed by atoms with Gasteiger partial charge in [-0.3, -0.25) is 14.3 Å². The van der Waals surface area contributed by atoms with Crippen molar-refractivity contribution in [3.05, 3.63) is 18.0 Å². The van der Waals surface area contributed by atoms with Crippen molar-refractivity contribution < 1.29 is 14.7 Å². The number of amides is 1. The van der Waals surface area contributed by atoms with Crippen LogP contribution in [0.15, 0.2) is 12.3 Å². The molecule has 6 nitrogen and oxygen atoms in total. The van der Waals surface area contributed by atoms with Crippen LogP contribution in [0.5, 0.6) is 0 Å². The maximum atomic E-state index is 11.9. The molecule has 1 aromatic heterocycles. The molecule has 21 heavy (non-hydrogen) atoms. The van der Waals surface area contributed by atoms with E-state index >= 15 is 0 Å². The Balaban J connectivity index is 2.46. The molecule has 0 fully saturated rings. The lowest BCUT2D eigenvalue weighted by Crippen LogP contribution is -2.30. The summed E-state index contributed by atoms with van der Waals surface area (Å²) in [6.45, 7) is 6.82. The maximum absolute atomic E-state index is 11.9. The number of nitrogens with zero attached hydrogens (tertiary/aromatic N) is 2. The number of aryl methyl sites for hydroxylation is 1. The summed E-state index contributed by atoms with van der Waals surface area (Å²) >= 11 is 0. The topological polar surface area (TPSA) is 84.2 Å². The van der Waals surface area contributed by atoms with Crippen molar-refractivity contribution >= 4 is 11.9 Å². The third kappa shape index (κ3) is 5.97. The second-order valence-electron chi connectivity index (χ2n) is 6.41. The fraction of sp³-hybridized carbons (Fsp3) is 0.667. The number of hydrogen-bond acceptors (Lipinski definition) is 3. The van der Waals surface area contributed by atoms with Crippen LogP contribution in [0.4, 0.5) is 0 Å². The van der Waals surface area contributed by atoms with E-state index in [0.717, 1.165) is 6.42 Å². The van der Waals surface area contributed by atoms with E-state index in [4.69, 9.17) is 5.11 Å². The van der Waals surface area contributed by atoms with Crippen LogP contribution in [0.1, 0.15) is 50.5 Å². The predicted octanol–water partition coefficient (Wildman–Crippen LogP) is 2.07. The van der Waals surface area contributed by atoms with E-state index in [0.29, 0.717) is 18.7 Å².